The molecule has 0 heteroatoms. The molecule has 0 saturated heterocycles. The Morgan fingerprint density at radius 2 is 1.95 bits per heavy atom. The summed E-state index contributed by atoms with van der Waals surface area (Å²) in [6, 6.07) is 0. The highest BCUT2D eigenvalue weighted by molar-refractivity contribution is 5.22. The van der Waals surface area contributed by atoms with Crippen LogP contribution in [0.25, 0.3) is 0 Å². The number of hydrogen-bond acceptors (Lipinski definition) is 0. The van der Waals surface area contributed by atoms with Crippen molar-refractivity contribution in [1.82, 2.24) is 0 Å². The van der Waals surface area contributed by atoms with E-state index in [9.17, 15) is 0 Å². The van der Waals surface area contributed by atoms with Crippen LogP contribution in [0.5, 0.6) is 0 Å². The maximum absolute atomic E-state index is 2.55. The van der Waals surface area contributed by atoms with Gasteiger partial charge in [-0.25, -0.2) is 0 Å². The quantitative estimate of drug-likeness (QED) is 0.335. The zero-order chi connectivity index (χ0) is 14.8. The van der Waals surface area contributed by atoms with Gasteiger partial charge < -0.3 is 0 Å². The topological polar surface area (TPSA) is 0 Å². The minimum Gasteiger partial charge on any atom is -0.0850 e. The highest BCUT2D eigenvalue weighted by Crippen LogP contribution is 2.30. The Morgan fingerprint density at radius 1 is 1.20 bits per heavy atom. The summed E-state index contributed by atoms with van der Waals surface area (Å²) in [4.78, 5) is 0. The standard InChI is InChI=1S/C20H34/c1-5-7-9-12-17(3)20-15-11-14-19(16-18(20)4)13-10-8-6-2/h11-12,15-16,18,20H,5-10,13-14H2,1-4H3. The van der Waals surface area contributed by atoms with E-state index in [2.05, 4.69) is 52.0 Å². The number of rotatable bonds is 8. The van der Waals surface area contributed by atoms with Crippen molar-refractivity contribution in [2.75, 3.05) is 0 Å². The molecule has 1 aliphatic rings. The van der Waals surface area contributed by atoms with E-state index in [4.69, 9.17) is 0 Å². The lowest BCUT2D eigenvalue weighted by Gasteiger charge is -2.19. The first-order chi connectivity index (χ1) is 9.69. The Kier molecular flexibility index (Phi) is 8.65. The Hall–Kier alpha value is -0.780. The average molecular weight is 274 g/mol. The van der Waals surface area contributed by atoms with Crippen molar-refractivity contribution >= 4 is 0 Å². The van der Waals surface area contributed by atoms with Gasteiger partial charge in [0.1, 0.15) is 0 Å². The molecule has 20 heavy (non-hydrogen) atoms. The largest absolute Gasteiger partial charge is 0.0850 e. The lowest BCUT2D eigenvalue weighted by Crippen LogP contribution is -2.08. The van der Waals surface area contributed by atoms with Crippen LogP contribution < -0.4 is 0 Å². The number of hydrogen-bond donors (Lipinski definition) is 0. The molecule has 0 aromatic carbocycles. The second-order valence-electron chi connectivity index (χ2n) is 6.39. The van der Waals surface area contributed by atoms with Gasteiger partial charge >= 0.3 is 0 Å². The first kappa shape index (κ1) is 17.3. The highest BCUT2D eigenvalue weighted by Gasteiger charge is 2.17. The van der Waals surface area contributed by atoms with E-state index < -0.39 is 0 Å². The Labute approximate surface area is 127 Å². The van der Waals surface area contributed by atoms with Crippen LogP contribution >= 0.6 is 0 Å². The maximum Gasteiger partial charge on any atom is 0.00344 e. The Bertz CT molecular complexity index is 343. The van der Waals surface area contributed by atoms with E-state index in [0.29, 0.717) is 11.8 Å². The third kappa shape index (κ3) is 6.11. The van der Waals surface area contributed by atoms with Gasteiger partial charge in [0, 0.05) is 5.92 Å². The van der Waals surface area contributed by atoms with E-state index in [1.165, 1.54) is 51.4 Å². The summed E-state index contributed by atoms with van der Waals surface area (Å²) in [5, 5.41) is 0. The molecule has 0 fully saturated rings. The van der Waals surface area contributed by atoms with Crippen molar-refractivity contribution in [3.8, 4) is 0 Å². The summed E-state index contributed by atoms with van der Waals surface area (Å²) >= 11 is 0. The van der Waals surface area contributed by atoms with Crippen LogP contribution in [0.15, 0.2) is 35.5 Å². The van der Waals surface area contributed by atoms with Crippen LogP contribution in [0.2, 0.25) is 0 Å². The Morgan fingerprint density at radius 3 is 2.65 bits per heavy atom. The first-order valence-electron chi connectivity index (χ1n) is 8.71. The van der Waals surface area contributed by atoms with Crippen LogP contribution in [-0.2, 0) is 0 Å². The van der Waals surface area contributed by atoms with Crippen LogP contribution in [0, 0.1) is 11.8 Å². The zero-order valence-corrected chi connectivity index (χ0v) is 14.1. The van der Waals surface area contributed by atoms with Crippen LogP contribution in [-0.4, -0.2) is 0 Å². The molecule has 2 atom stereocenters. The molecule has 0 heterocycles. The third-order valence-electron chi connectivity index (χ3n) is 4.44. The molecule has 0 amide bonds. The van der Waals surface area contributed by atoms with Gasteiger partial charge in [-0.3, -0.25) is 0 Å². The van der Waals surface area contributed by atoms with Crippen molar-refractivity contribution < 1.29 is 0 Å². The summed E-state index contributed by atoms with van der Waals surface area (Å²) in [6.07, 6.45) is 20.3. The summed E-state index contributed by atoms with van der Waals surface area (Å²) < 4.78 is 0. The van der Waals surface area contributed by atoms with E-state index in [-0.39, 0.29) is 0 Å². The fourth-order valence-electron chi connectivity index (χ4n) is 3.11. The van der Waals surface area contributed by atoms with Gasteiger partial charge in [-0.15, -0.1) is 0 Å². The predicted molar refractivity (Wildman–Crippen MR) is 91.9 cm³/mol. The van der Waals surface area contributed by atoms with Gasteiger partial charge in [0.25, 0.3) is 0 Å². The molecule has 1 rings (SSSR count). The zero-order valence-electron chi connectivity index (χ0n) is 14.1. The molecule has 0 aromatic rings. The third-order valence-corrected chi connectivity index (χ3v) is 4.44. The van der Waals surface area contributed by atoms with Gasteiger partial charge in [-0.2, -0.15) is 0 Å². The molecule has 2 unspecified atom stereocenters. The summed E-state index contributed by atoms with van der Waals surface area (Å²) in [5.41, 5.74) is 3.22. The van der Waals surface area contributed by atoms with Crippen molar-refractivity contribution in [2.45, 2.75) is 79.1 Å². The average Bonchev–Trinajstić information content (AvgIpc) is 2.61. The fraction of sp³-hybridized carbons (Fsp3) is 0.700. The summed E-state index contributed by atoms with van der Waals surface area (Å²) in [5.74, 6) is 1.28. The Balaban J connectivity index is 2.60. The number of allylic oxidation sites excluding steroid dienone is 6. The maximum atomic E-state index is 2.55. The van der Waals surface area contributed by atoms with Gasteiger partial charge in [0.05, 0.1) is 0 Å². The first-order valence-corrected chi connectivity index (χ1v) is 8.71. The second-order valence-corrected chi connectivity index (χ2v) is 6.39. The molecule has 0 saturated carbocycles. The highest BCUT2D eigenvalue weighted by atomic mass is 14.2. The molecule has 0 nitrogen and oxygen atoms in total. The molecular formula is C20H34. The molecule has 0 N–H and O–H groups in total. The molecule has 114 valence electrons. The van der Waals surface area contributed by atoms with Gasteiger partial charge in [-0.05, 0) is 38.5 Å². The lowest BCUT2D eigenvalue weighted by molar-refractivity contribution is 0.576. The van der Waals surface area contributed by atoms with E-state index in [1.54, 1.807) is 11.1 Å². The minimum absolute atomic E-state index is 0.621. The van der Waals surface area contributed by atoms with Gasteiger partial charge in [-0.1, -0.05) is 81.9 Å². The van der Waals surface area contributed by atoms with Crippen molar-refractivity contribution in [1.29, 1.82) is 0 Å². The molecule has 0 aromatic heterocycles. The molecule has 0 bridgehead atoms. The van der Waals surface area contributed by atoms with Crippen LogP contribution in [0.4, 0.5) is 0 Å². The SMILES string of the molecule is CCCCC=C(C)C1C=CCC(CCCCC)=CC1C. The molecule has 0 spiro atoms. The van der Waals surface area contributed by atoms with Gasteiger partial charge in [0.2, 0.25) is 0 Å². The van der Waals surface area contributed by atoms with Crippen molar-refractivity contribution in [3.63, 3.8) is 0 Å². The van der Waals surface area contributed by atoms with E-state index >= 15 is 0 Å². The minimum atomic E-state index is 0.621. The lowest BCUT2D eigenvalue weighted by atomic mass is 9.86. The normalized spacial score (nSPS) is 23.6. The summed E-state index contributed by atoms with van der Waals surface area (Å²) in [7, 11) is 0. The molecule has 0 aliphatic heterocycles. The van der Waals surface area contributed by atoms with E-state index in [1.807, 2.05) is 0 Å². The van der Waals surface area contributed by atoms with E-state index in [0.717, 1.165) is 0 Å². The van der Waals surface area contributed by atoms with Crippen molar-refractivity contribution in [2.24, 2.45) is 11.8 Å². The van der Waals surface area contributed by atoms with Crippen LogP contribution in [0.1, 0.15) is 79.1 Å². The molecule has 1 aliphatic carbocycles. The smallest absolute Gasteiger partial charge is 0.00344 e. The predicted octanol–water partition coefficient (Wildman–Crippen LogP) is 6.84. The van der Waals surface area contributed by atoms with Crippen LogP contribution in [0.3, 0.4) is 0 Å². The monoisotopic (exact) mass is 274 g/mol. The van der Waals surface area contributed by atoms with Gasteiger partial charge in [0.15, 0.2) is 0 Å². The fourth-order valence-corrected chi connectivity index (χ4v) is 3.11. The van der Waals surface area contributed by atoms with Crippen molar-refractivity contribution in [3.05, 3.63) is 35.5 Å². The number of unbranched alkanes of at least 4 members (excludes halogenated alkanes) is 4. The molecular weight excluding hydrogens is 240 g/mol. The molecule has 0 radical (unpaired) electrons. The summed E-state index contributed by atoms with van der Waals surface area (Å²) in [6.45, 7) is 9.25. The second kappa shape index (κ2) is 10.0.